The van der Waals surface area contributed by atoms with Crippen LogP contribution in [0.3, 0.4) is 0 Å². The minimum atomic E-state index is -0.933. The average Bonchev–Trinajstić information content (AvgIpc) is 3.08. The Morgan fingerprint density at radius 1 is 1.35 bits per heavy atom. The van der Waals surface area contributed by atoms with Gasteiger partial charge in [0, 0.05) is 19.6 Å². The van der Waals surface area contributed by atoms with E-state index in [0.29, 0.717) is 6.54 Å². The third-order valence-corrected chi connectivity index (χ3v) is 3.45. The standard InChI is InChI=1S/C13H21N5O2/c1-4-18-9-10(15-16-18)11(19)14-13(2,3)12(20)17-7-5-6-8-17/h9H,4-8H2,1-3H3,(H,14,19). The molecule has 0 bridgehead atoms. The topological polar surface area (TPSA) is 80.1 Å². The van der Waals surface area contributed by atoms with Gasteiger partial charge < -0.3 is 10.2 Å². The molecule has 1 saturated heterocycles. The Morgan fingerprint density at radius 2 is 2.00 bits per heavy atom. The van der Waals surface area contributed by atoms with Crippen molar-refractivity contribution in [2.75, 3.05) is 13.1 Å². The molecule has 0 aromatic carbocycles. The summed E-state index contributed by atoms with van der Waals surface area (Å²) < 4.78 is 1.57. The molecule has 1 aromatic heterocycles. The zero-order valence-electron chi connectivity index (χ0n) is 12.2. The molecule has 0 saturated carbocycles. The van der Waals surface area contributed by atoms with Crippen LogP contribution >= 0.6 is 0 Å². The molecule has 0 atom stereocenters. The Hall–Kier alpha value is -1.92. The molecule has 7 nitrogen and oxygen atoms in total. The first-order valence-electron chi connectivity index (χ1n) is 6.96. The van der Waals surface area contributed by atoms with E-state index >= 15 is 0 Å². The second-order valence-electron chi connectivity index (χ2n) is 5.54. The Bertz CT molecular complexity index is 503. The number of hydrogen-bond acceptors (Lipinski definition) is 4. The van der Waals surface area contributed by atoms with Crippen molar-refractivity contribution in [3.8, 4) is 0 Å². The van der Waals surface area contributed by atoms with Gasteiger partial charge in [0.1, 0.15) is 5.54 Å². The maximum atomic E-state index is 12.4. The lowest BCUT2D eigenvalue weighted by atomic mass is 10.0. The summed E-state index contributed by atoms with van der Waals surface area (Å²) in [5.41, 5.74) is -0.702. The van der Waals surface area contributed by atoms with Gasteiger partial charge in [-0.2, -0.15) is 0 Å². The number of amides is 2. The Morgan fingerprint density at radius 3 is 2.55 bits per heavy atom. The zero-order chi connectivity index (χ0) is 14.8. The van der Waals surface area contributed by atoms with Crippen molar-refractivity contribution in [1.82, 2.24) is 25.2 Å². The summed E-state index contributed by atoms with van der Waals surface area (Å²) >= 11 is 0. The Balaban J connectivity index is 2.02. The highest BCUT2D eigenvalue weighted by Gasteiger charge is 2.35. The van der Waals surface area contributed by atoms with E-state index in [1.54, 1.807) is 29.6 Å². The highest BCUT2D eigenvalue weighted by atomic mass is 16.2. The van der Waals surface area contributed by atoms with Crippen molar-refractivity contribution in [3.05, 3.63) is 11.9 Å². The van der Waals surface area contributed by atoms with Crippen molar-refractivity contribution < 1.29 is 9.59 Å². The summed E-state index contributed by atoms with van der Waals surface area (Å²) in [6, 6.07) is 0. The van der Waals surface area contributed by atoms with Gasteiger partial charge in [0.05, 0.1) is 6.20 Å². The van der Waals surface area contributed by atoms with E-state index in [-0.39, 0.29) is 17.5 Å². The molecule has 1 aliphatic rings. The average molecular weight is 279 g/mol. The molecule has 0 spiro atoms. The Kier molecular flexibility index (Phi) is 4.06. The number of carbonyl (C=O) groups excluding carboxylic acids is 2. The van der Waals surface area contributed by atoms with Crippen LogP contribution in [0.5, 0.6) is 0 Å². The molecule has 110 valence electrons. The number of nitrogens with one attached hydrogen (secondary N) is 1. The van der Waals surface area contributed by atoms with Crippen LogP contribution in [0.2, 0.25) is 0 Å². The lowest BCUT2D eigenvalue weighted by Gasteiger charge is -2.29. The largest absolute Gasteiger partial charge is 0.341 e. The van der Waals surface area contributed by atoms with E-state index in [2.05, 4.69) is 15.6 Å². The first-order chi connectivity index (χ1) is 9.44. The van der Waals surface area contributed by atoms with Crippen LogP contribution in [-0.4, -0.2) is 50.3 Å². The van der Waals surface area contributed by atoms with E-state index in [4.69, 9.17) is 0 Å². The quantitative estimate of drug-likeness (QED) is 0.866. The molecule has 0 aliphatic carbocycles. The molecule has 0 unspecified atom stereocenters. The van der Waals surface area contributed by atoms with Crippen molar-refractivity contribution >= 4 is 11.8 Å². The van der Waals surface area contributed by atoms with Crippen molar-refractivity contribution in [3.63, 3.8) is 0 Å². The number of aryl methyl sites for hydroxylation is 1. The monoisotopic (exact) mass is 279 g/mol. The van der Waals surface area contributed by atoms with E-state index in [0.717, 1.165) is 25.9 Å². The normalized spacial score (nSPS) is 15.4. The lowest BCUT2D eigenvalue weighted by Crippen LogP contribution is -2.55. The summed E-state index contributed by atoms with van der Waals surface area (Å²) in [6.45, 7) is 7.54. The van der Waals surface area contributed by atoms with Gasteiger partial charge >= 0.3 is 0 Å². The fraction of sp³-hybridized carbons (Fsp3) is 0.692. The molecule has 2 amide bonds. The molecule has 7 heteroatoms. The SMILES string of the molecule is CCn1cc(C(=O)NC(C)(C)C(=O)N2CCCC2)nn1. The second kappa shape index (κ2) is 5.60. The van der Waals surface area contributed by atoms with E-state index < -0.39 is 5.54 Å². The predicted octanol–water partition coefficient (Wildman–Crippen LogP) is 0.429. The van der Waals surface area contributed by atoms with Crippen LogP contribution in [0.25, 0.3) is 0 Å². The fourth-order valence-corrected chi connectivity index (χ4v) is 2.27. The van der Waals surface area contributed by atoms with Gasteiger partial charge in [-0.1, -0.05) is 5.21 Å². The molecule has 1 aromatic rings. The molecular weight excluding hydrogens is 258 g/mol. The van der Waals surface area contributed by atoms with Gasteiger partial charge in [0.25, 0.3) is 5.91 Å². The lowest BCUT2D eigenvalue weighted by molar-refractivity contribution is -0.135. The van der Waals surface area contributed by atoms with Gasteiger partial charge in [-0.3, -0.25) is 14.3 Å². The van der Waals surface area contributed by atoms with E-state index in [1.165, 1.54) is 0 Å². The first kappa shape index (κ1) is 14.5. The van der Waals surface area contributed by atoms with Crippen LogP contribution < -0.4 is 5.32 Å². The summed E-state index contributed by atoms with van der Waals surface area (Å²) in [6.07, 6.45) is 3.63. The molecule has 1 aliphatic heterocycles. The summed E-state index contributed by atoms with van der Waals surface area (Å²) in [7, 11) is 0. The van der Waals surface area contributed by atoms with Gasteiger partial charge in [-0.25, -0.2) is 0 Å². The number of hydrogen-bond donors (Lipinski definition) is 1. The highest BCUT2D eigenvalue weighted by Crippen LogP contribution is 2.15. The van der Waals surface area contributed by atoms with Crippen LogP contribution in [0.4, 0.5) is 0 Å². The van der Waals surface area contributed by atoms with E-state index in [9.17, 15) is 9.59 Å². The second-order valence-corrected chi connectivity index (χ2v) is 5.54. The van der Waals surface area contributed by atoms with Crippen molar-refractivity contribution in [2.24, 2.45) is 0 Å². The molecule has 2 rings (SSSR count). The number of nitrogens with zero attached hydrogens (tertiary/aromatic N) is 4. The van der Waals surface area contributed by atoms with Gasteiger partial charge in [-0.05, 0) is 33.6 Å². The number of rotatable bonds is 4. The molecule has 20 heavy (non-hydrogen) atoms. The molecule has 1 fully saturated rings. The summed E-state index contributed by atoms with van der Waals surface area (Å²) in [4.78, 5) is 26.3. The fourth-order valence-electron chi connectivity index (χ4n) is 2.27. The molecule has 1 N–H and O–H groups in total. The van der Waals surface area contributed by atoms with Crippen molar-refractivity contribution in [2.45, 2.75) is 45.7 Å². The third kappa shape index (κ3) is 2.97. The van der Waals surface area contributed by atoms with Crippen LogP contribution in [0, 0.1) is 0 Å². The predicted molar refractivity (Wildman–Crippen MR) is 73.1 cm³/mol. The smallest absolute Gasteiger partial charge is 0.274 e. The number of aromatic nitrogens is 3. The van der Waals surface area contributed by atoms with Crippen LogP contribution in [-0.2, 0) is 11.3 Å². The third-order valence-electron chi connectivity index (χ3n) is 3.45. The molecule has 0 radical (unpaired) electrons. The van der Waals surface area contributed by atoms with Crippen LogP contribution in [0.15, 0.2) is 6.20 Å². The minimum Gasteiger partial charge on any atom is -0.341 e. The number of likely N-dealkylation sites (tertiary alicyclic amines) is 1. The van der Waals surface area contributed by atoms with Crippen molar-refractivity contribution in [1.29, 1.82) is 0 Å². The zero-order valence-corrected chi connectivity index (χ0v) is 12.2. The van der Waals surface area contributed by atoms with Gasteiger partial charge in [0.2, 0.25) is 5.91 Å². The molecule has 2 heterocycles. The first-order valence-corrected chi connectivity index (χ1v) is 6.96. The minimum absolute atomic E-state index is 0.0498. The molecular formula is C13H21N5O2. The van der Waals surface area contributed by atoms with E-state index in [1.807, 2.05) is 6.92 Å². The summed E-state index contributed by atoms with van der Waals surface area (Å²) in [5.74, 6) is -0.423. The van der Waals surface area contributed by atoms with Gasteiger partial charge in [0.15, 0.2) is 5.69 Å². The number of carbonyl (C=O) groups is 2. The van der Waals surface area contributed by atoms with Crippen LogP contribution in [0.1, 0.15) is 44.1 Å². The highest BCUT2D eigenvalue weighted by molar-refractivity contribution is 5.97. The maximum Gasteiger partial charge on any atom is 0.274 e. The Labute approximate surface area is 118 Å². The van der Waals surface area contributed by atoms with Gasteiger partial charge in [-0.15, -0.1) is 5.10 Å². The maximum absolute atomic E-state index is 12.4. The summed E-state index contributed by atoms with van der Waals surface area (Å²) in [5, 5.41) is 10.4.